The van der Waals surface area contributed by atoms with E-state index >= 15 is 0 Å². The Hall–Kier alpha value is -0.780. The fourth-order valence-electron chi connectivity index (χ4n) is 2.35. The molecule has 0 saturated heterocycles. The first-order valence-electron chi connectivity index (χ1n) is 6.64. The molecule has 4 nitrogen and oxygen atoms in total. The normalized spacial score (nSPS) is 17.1. The summed E-state index contributed by atoms with van der Waals surface area (Å²) < 4.78 is 11.9. The number of halogens is 1. The standard InChI is InChI=1S/C14H20BrNO3/c1-2-3-9(8-16)13(17)10-6-11(15)14-12(7-10)18-4-5-19-14/h6-7,9,13,17H,2-5,8,16H2,1H3. The summed E-state index contributed by atoms with van der Waals surface area (Å²) >= 11 is 3.46. The van der Waals surface area contributed by atoms with Crippen molar-refractivity contribution in [1.82, 2.24) is 0 Å². The second-order valence-corrected chi connectivity index (χ2v) is 5.61. The SMILES string of the molecule is CCCC(CN)C(O)c1cc(Br)c2c(c1)OCCO2. The highest BCUT2D eigenvalue weighted by Crippen LogP contribution is 2.41. The lowest BCUT2D eigenvalue weighted by Crippen LogP contribution is -2.22. The Morgan fingerprint density at radius 1 is 1.37 bits per heavy atom. The van der Waals surface area contributed by atoms with Crippen LogP contribution in [0.2, 0.25) is 0 Å². The van der Waals surface area contributed by atoms with Crippen molar-refractivity contribution in [2.75, 3.05) is 19.8 Å². The molecule has 0 radical (unpaired) electrons. The zero-order valence-electron chi connectivity index (χ0n) is 11.1. The maximum Gasteiger partial charge on any atom is 0.175 e. The largest absolute Gasteiger partial charge is 0.486 e. The number of fused-ring (bicyclic) bond motifs is 1. The van der Waals surface area contributed by atoms with Crippen molar-refractivity contribution in [3.05, 3.63) is 22.2 Å². The summed E-state index contributed by atoms with van der Waals surface area (Å²) in [5, 5.41) is 10.4. The average Bonchev–Trinajstić information content (AvgIpc) is 2.44. The van der Waals surface area contributed by atoms with E-state index in [0.29, 0.717) is 31.3 Å². The van der Waals surface area contributed by atoms with Crippen LogP contribution in [0.4, 0.5) is 0 Å². The van der Waals surface area contributed by atoms with E-state index in [4.69, 9.17) is 15.2 Å². The molecule has 19 heavy (non-hydrogen) atoms. The lowest BCUT2D eigenvalue weighted by atomic mass is 9.92. The summed E-state index contributed by atoms with van der Waals surface area (Å²) in [6.07, 6.45) is 1.34. The molecule has 0 aromatic heterocycles. The molecule has 1 aromatic carbocycles. The lowest BCUT2D eigenvalue weighted by Gasteiger charge is -2.25. The topological polar surface area (TPSA) is 64.7 Å². The van der Waals surface area contributed by atoms with Gasteiger partial charge in [0, 0.05) is 5.92 Å². The van der Waals surface area contributed by atoms with Crippen LogP contribution in [0, 0.1) is 5.92 Å². The Labute approximate surface area is 122 Å². The third-order valence-electron chi connectivity index (χ3n) is 3.37. The quantitative estimate of drug-likeness (QED) is 0.871. The predicted octanol–water partition coefficient (Wildman–Crippen LogP) is 2.63. The zero-order chi connectivity index (χ0) is 13.8. The Bertz CT molecular complexity index is 439. The van der Waals surface area contributed by atoms with Crippen LogP contribution in [0.3, 0.4) is 0 Å². The van der Waals surface area contributed by atoms with Gasteiger partial charge in [-0.1, -0.05) is 13.3 Å². The molecule has 0 bridgehead atoms. The van der Waals surface area contributed by atoms with Crippen molar-refractivity contribution in [2.24, 2.45) is 11.7 Å². The maximum absolute atomic E-state index is 10.4. The van der Waals surface area contributed by atoms with Crippen LogP contribution in [0.15, 0.2) is 16.6 Å². The van der Waals surface area contributed by atoms with Gasteiger partial charge in [-0.3, -0.25) is 0 Å². The summed E-state index contributed by atoms with van der Waals surface area (Å²) in [6.45, 7) is 3.65. The molecular weight excluding hydrogens is 310 g/mol. The van der Waals surface area contributed by atoms with E-state index < -0.39 is 6.10 Å². The third kappa shape index (κ3) is 3.22. The molecule has 3 N–H and O–H groups in total. The Morgan fingerprint density at radius 3 is 2.79 bits per heavy atom. The Kier molecular flexibility index (Phi) is 5.07. The van der Waals surface area contributed by atoms with Gasteiger partial charge in [-0.25, -0.2) is 0 Å². The van der Waals surface area contributed by atoms with Crippen molar-refractivity contribution < 1.29 is 14.6 Å². The fraction of sp³-hybridized carbons (Fsp3) is 0.571. The molecule has 0 spiro atoms. The summed E-state index contributed by atoms with van der Waals surface area (Å²) in [6, 6.07) is 3.73. The van der Waals surface area contributed by atoms with E-state index in [9.17, 15) is 5.11 Å². The van der Waals surface area contributed by atoms with E-state index in [1.54, 1.807) is 0 Å². The first kappa shape index (κ1) is 14.6. The number of aliphatic hydroxyl groups is 1. The number of hydrogen-bond donors (Lipinski definition) is 2. The van der Waals surface area contributed by atoms with E-state index in [2.05, 4.69) is 22.9 Å². The monoisotopic (exact) mass is 329 g/mol. The van der Waals surface area contributed by atoms with Gasteiger partial charge >= 0.3 is 0 Å². The van der Waals surface area contributed by atoms with Crippen LogP contribution in [-0.4, -0.2) is 24.9 Å². The van der Waals surface area contributed by atoms with Crippen molar-refractivity contribution in [3.8, 4) is 11.5 Å². The highest BCUT2D eigenvalue weighted by Gasteiger charge is 2.23. The fourth-order valence-corrected chi connectivity index (χ4v) is 2.92. The number of ether oxygens (including phenoxy) is 2. The van der Waals surface area contributed by atoms with Crippen LogP contribution in [-0.2, 0) is 0 Å². The van der Waals surface area contributed by atoms with Crippen molar-refractivity contribution in [1.29, 1.82) is 0 Å². The van der Waals surface area contributed by atoms with Gasteiger partial charge in [-0.2, -0.15) is 0 Å². The molecule has 0 saturated carbocycles. The highest BCUT2D eigenvalue weighted by atomic mass is 79.9. The van der Waals surface area contributed by atoms with Crippen LogP contribution >= 0.6 is 15.9 Å². The van der Waals surface area contributed by atoms with Gasteiger partial charge in [0.15, 0.2) is 11.5 Å². The van der Waals surface area contributed by atoms with Crippen molar-refractivity contribution in [2.45, 2.75) is 25.9 Å². The molecular formula is C14H20BrNO3. The molecule has 0 aliphatic carbocycles. The van der Waals surface area contributed by atoms with E-state index in [0.717, 1.165) is 22.9 Å². The summed E-state index contributed by atoms with van der Waals surface area (Å²) in [7, 11) is 0. The first-order chi connectivity index (χ1) is 9.17. The van der Waals surface area contributed by atoms with E-state index in [-0.39, 0.29) is 5.92 Å². The Morgan fingerprint density at radius 2 is 2.11 bits per heavy atom. The van der Waals surface area contributed by atoms with Gasteiger partial charge in [-0.05, 0) is 46.6 Å². The zero-order valence-corrected chi connectivity index (χ0v) is 12.6. The third-order valence-corrected chi connectivity index (χ3v) is 3.96. The van der Waals surface area contributed by atoms with Crippen LogP contribution in [0.5, 0.6) is 11.5 Å². The molecule has 1 heterocycles. The molecule has 2 rings (SSSR count). The second kappa shape index (κ2) is 6.59. The molecule has 1 aliphatic rings. The molecule has 1 aromatic rings. The number of hydrogen-bond acceptors (Lipinski definition) is 4. The minimum atomic E-state index is -0.572. The number of benzene rings is 1. The smallest absolute Gasteiger partial charge is 0.175 e. The molecule has 0 amide bonds. The number of rotatable bonds is 5. The summed E-state index contributed by atoms with van der Waals surface area (Å²) in [5.74, 6) is 1.46. The Balaban J connectivity index is 2.27. The van der Waals surface area contributed by atoms with Gasteiger partial charge in [0.1, 0.15) is 13.2 Å². The van der Waals surface area contributed by atoms with Crippen LogP contribution < -0.4 is 15.2 Å². The minimum absolute atomic E-state index is 0.0689. The molecule has 2 unspecified atom stereocenters. The van der Waals surface area contributed by atoms with Gasteiger partial charge in [-0.15, -0.1) is 0 Å². The van der Waals surface area contributed by atoms with Gasteiger partial charge < -0.3 is 20.3 Å². The van der Waals surface area contributed by atoms with E-state index in [1.165, 1.54) is 0 Å². The van der Waals surface area contributed by atoms with E-state index in [1.807, 2.05) is 12.1 Å². The average molecular weight is 330 g/mol. The second-order valence-electron chi connectivity index (χ2n) is 4.76. The van der Waals surface area contributed by atoms with Gasteiger partial charge in [0.25, 0.3) is 0 Å². The van der Waals surface area contributed by atoms with Crippen LogP contribution in [0.1, 0.15) is 31.4 Å². The maximum atomic E-state index is 10.4. The highest BCUT2D eigenvalue weighted by molar-refractivity contribution is 9.10. The molecule has 1 aliphatic heterocycles. The lowest BCUT2D eigenvalue weighted by molar-refractivity contribution is 0.105. The molecule has 2 atom stereocenters. The van der Waals surface area contributed by atoms with Gasteiger partial charge in [0.2, 0.25) is 0 Å². The molecule has 5 heteroatoms. The van der Waals surface area contributed by atoms with Gasteiger partial charge in [0.05, 0.1) is 10.6 Å². The predicted molar refractivity (Wildman–Crippen MR) is 77.5 cm³/mol. The number of nitrogens with two attached hydrogens (primary N) is 1. The van der Waals surface area contributed by atoms with Crippen molar-refractivity contribution in [3.63, 3.8) is 0 Å². The summed E-state index contributed by atoms with van der Waals surface area (Å²) in [4.78, 5) is 0. The minimum Gasteiger partial charge on any atom is -0.486 e. The van der Waals surface area contributed by atoms with Crippen LogP contribution in [0.25, 0.3) is 0 Å². The molecule has 106 valence electrons. The molecule has 0 fully saturated rings. The first-order valence-corrected chi connectivity index (χ1v) is 7.43. The number of aliphatic hydroxyl groups excluding tert-OH is 1. The summed E-state index contributed by atoms with van der Waals surface area (Å²) in [5.41, 5.74) is 6.56. The van der Waals surface area contributed by atoms with Crippen molar-refractivity contribution >= 4 is 15.9 Å².